The fourth-order valence-electron chi connectivity index (χ4n) is 1.89. The van der Waals surface area contributed by atoms with Gasteiger partial charge in [0, 0.05) is 26.1 Å². The molecule has 0 spiro atoms. The van der Waals surface area contributed by atoms with Crippen LogP contribution in [0.4, 0.5) is 5.69 Å². The Hall–Kier alpha value is -2.05. The summed E-state index contributed by atoms with van der Waals surface area (Å²) in [6.07, 6.45) is 0.909. The number of aryl methyl sites for hydroxylation is 2. The Kier molecular flexibility index (Phi) is 5.54. The molecule has 0 saturated carbocycles. The topological polar surface area (TPSA) is 102 Å². The smallest absolute Gasteiger partial charge is 0.271 e. The average Bonchev–Trinajstić information content (AvgIpc) is 2.63. The van der Waals surface area contributed by atoms with E-state index in [1.54, 1.807) is 7.05 Å². The first-order valence-corrected chi connectivity index (χ1v) is 6.75. The monoisotopic (exact) mass is 281 g/mol. The van der Waals surface area contributed by atoms with Gasteiger partial charge in [-0.25, -0.2) is 0 Å². The second-order valence-corrected chi connectivity index (χ2v) is 4.91. The van der Waals surface area contributed by atoms with Crippen molar-refractivity contribution in [3.63, 3.8) is 0 Å². The zero-order valence-electron chi connectivity index (χ0n) is 12.5. The number of hydrogen-bond donors (Lipinski definition) is 3. The van der Waals surface area contributed by atoms with E-state index in [2.05, 4.69) is 15.7 Å². The minimum Gasteiger partial charge on any atom is -0.395 e. The van der Waals surface area contributed by atoms with Crippen LogP contribution in [-0.4, -0.2) is 34.2 Å². The molecule has 7 nitrogen and oxygen atoms in total. The maximum atomic E-state index is 12.0. The Morgan fingerprint density at radius 3 is 2.55 bits per heavy atom. The van der Waals surface area contributed by atoms with Gasteiger partial charge in [-0.3, -0.25) is 14.3 Å². The highest BCUT2D eigenvalue weighted by Gasteiger charge is 2.18. The largest absolute Gasteiger partial charge is 0.395 e. The summed E-state index contributed by atoms with van der Waals surface area (Å²) in [7, 11) is 1.68. The van der Waals surface area contributed by atoms with Crippen molar-refractivity contribution in [3.8, 4) is 0 Å². The zero-order valence-corrected chi connectivity index (χ0v) is 12.5. The summed E-state index contributed by atoms with van der Waals surface area (Å²) >= 11 is 0. The van der Waals surface area contributed by atoms with E-state index in [1.807, 2.05) is 20.8 Å². The standard InChI is InChI=1S/C13H23N5O2/c1-5-9-11(14)12(18(4)17-9)13(20)15-7-6-10(19)16-8(2)3/h8H,5-7,14H2,1-4H3,(H,15,20)(H,16,19). The molecule has 1 heterocycles. The number of anilines is 1. The van der Waals surface area contributed by atoms with E-state index in [9.17, 15) is 9.59 Å². The molecule has 0 aliphatic carbocycles. The average molecular weight is 281 g/mol. The first-order valence-electron chi connectivity index (χ1n) is 6.75. The predicted molar refractivity (Wildman–Crippen MR) is 77.2 cm³/mol. The fourth-order valence-corrected chi connectivity index (χ4v) is 1.89. The summed E-state index contributed by atoms with van der Waals surface area (Å²) in [5.41, 5.74) is 7.33. The van der Waals surface area contributed by atoms with Crippen LogP contribution < -0.4 is 16.4 Å². The predicted octanol–water partition coefficient (Wildman–Crippen LogP) is 0.209. The van der Waals surface area contributed by atoms with E-state index in [0.717, 1.165) is 0 Å². The molecule has 0 aliphatic heterocycles. The normalized spacial score (nSPS) is 10.7. The Balaban J connectivity index is 2.56. The summed E-state index contributed by atoms with van der Waals surface area (Å²) < 4.78 is 1.47. The van der Waals surface area contributed by atoms with Crippen LogP contribution in [0.1, 0.15) is 43.4 Å². The molecule has 0 bridgehead atoms. The first kappa shape index (κ1) is 16.0. The number of carbonyl (C=O) groups is 2. The summed E-state index contributed by atoms with van der Waals surface area (Å²) in [4.78, 5) is 23.5. The molecule has 0 saturated heterocycles. The highest BCUT2D eigenvalue weighted by atomic mass is 16.2. The van der Waals surface area contributed by atoms with Gasteiger partial charge >= 0.3 is 0 Å². The second kappa shape index (κ2) is 6.93. The van der Waals surface area contributed by atoms with Crippen molar-refractivity contribution < 1.29 is 9.59 Å². The van der Waals surface area contributed by atoms with Crippen molar-refractivity contribution in [2.24, 2.45) is 7.05 Å². The summed E-state index contributed by atoms with van der Waals surface area (Å²) in [5.74, 6) is -0.401. The third-order valence-electron chi connectivity index (χ3n) is 2.80. The Bertz CT molecular complexity index is 493. The molecule has 1 rings (SSSR count). The van der Waals surface area contributed by atoms with Gasteiger partial charge in [0.25, 0.3) is 5.91 Å². The van der Waals surface area contributed by atoms with Crippen molar-refractivity contribution >= 4 is 17.5 Å². The summed E-state index contributed by atoms with van der Waals surface area (Å²) in [6.45, 7) is 5.97. The van der Waals surface area contributed by atoms with Crippen LogP contribution in [0.15, 0.2) is 0 Å². The molecule has 0 radical (unpaired) electrons. The molecule has 112 valence electrons. The van der Waals surface area contributed by atoms with E-state index in [-0.39, 0.29) is 30.8 Å². The molecular weight excluding hydrogens is 258 g/mol. The lowest BCUT2D eigenvalue weighted by Crippen LogP contribution is -2.34. The maximum absolute atomic E-state index is 12.0. The van der Waals surface area contributed by atoms with Crippen LogP contribution in [0.25, 0.3) is 0 Å². The van der Waals surface area contributed by atoms with E-state index < -0.39 is 0 Å². The van der Waals surface area contributed by atoms with Crippen LogP contribution in [0.3, 0.4) is 0 Å². The number of nitrogens with two attached hydrogens (primary N) is 1. The summed E-state index contributed by atoms with van der Waals surface area (Å²) in [5, 5.41) is 9.63. The van der Waals surface area contributed by atoms with Gasteiger partial charge in [0.05, 0.1) is 11.4 Å². The molecular formula is C13H23N5O2. The SMILES string of the molecule is CCc1nn(C)c(C(=O)NCCC(=O)NC(C)C)c1N. The number of amides is 2. The lowest BCUT2D eigenvalue weighted by atomic mass is 10.2. The van der Waals surface area contributed by atoms with Crippen molar-refractivity contribution in [1.29, 1.82) is 0 Å². The van der Waals surface area contributed by atoms with Gasteiger partial charge in [-0.05, 0) is 20.3 Å². The third-order valence-corrected chi connectivity index (χ3v) is 2.80. The number of carbonyl (C=O) groups excluding carboxylic acids is 2. The number of rotatable bonds is 6. The molecule has 1 aromatic rings. The number of aromatic nitrogens is 2. The van der Waals surface area contributed by atoms with Crippen molar-refractivity contribution in [3.05, 3.63) is 11.4 Å². The van der Waals surface area contributed by atoms with Gasteiger partial charge in [-0.15, -0.1) is 0 Å². The minimum absolute atomic E-state index is 0.0903. The van der Waals surface area contributed by atoms with Crippen LogP contribution in [0.5, 0.6) is 0 Å². The van der Waals surface area contributed by atoms with Gasteiger partial charge in [0.1, 0.15) is 5.69 Å². The number of nitrogens with one attached hydrogen (secondary N) is 2. The zero-order chi connectivity index (χ0) is 15.3. The van der Waals surface area contributed by atoms with Crippen molar-refractivity contribution in [2.75, 3.05) is 12.3 Å². The van der Waals surface area contributed by atoms with E-state index in [4.69, 9.17) is 5.73 Å². The quantitative estimate of drug-likeness (QED) is 0.693. The molecule has 7 heteroatoms. The third kappa shape index (κ3) is 3.97. The van der Waals surface area contributed by atoms with Crippen LogP contribution in [0, 0.1) is 0 Å². The molecule has 4 N–H and O–H groups in total. The molecule has 0 atom stereocenters. The Labute approximate surface area is 118 Å². The number of nitrogens with zero attached hydrogens (tertiary/aromatic N) is 2. The first-order chi connectivity index (χ1) is 9.36. The molecule has 20 heavy (non-hydrogen) atoms. The van der Waals surface area contributed by atoms with Gasteiger partial charge in [0.15, 0.2) is 0 Å². The van der Waals surface area contributed by atoms with Crippen LogP contribution >= 0.6 is 0 Å². The highest BCUT2D eigenvalue weighted by molar-refractivity contribution is 5.98. The van der Waals surface area contributed by atoms with E-state index >= 15 is 0 Å². The second-order valence-electron chi connectivity index (χ2n) is 4.91. The molecule has 0 unspecified atom stereocenters. The molecule has 0 aliphatic rings. The van der Waals surface area contributed by atoms with Crippen LogP contribution in [0.2, 0.25) is 0 Å². The van der Waals surface area contributed by atoms with Crippen LogP contribution in [-0.2, 0) is 18.3 Å². The highest BCUT2D eigenvalue weighted by Crippen LogP contribution is 2.16. The van der Waals surface area contributed by atoms with Gasteiger partial charge in [-0.2, -0.15) is 5.10 Å². The minimum atomic E-state index is -0.311. The molecule has 0 fully saturated rings. The van der Waals surface area contributed by atoms with E-state index in [1.165, 1.54) is 4.68 Å². The van der Waals surface area contributed by atoms with Gasteiger partial charge in [-0.1, -0.05) is 6.92 Å². The van der Waals surface area contributed by atoms with Crippen molar-refractivity contribution in [2.45, 2.75) is 39.7 Å². The Morgan fingerprint density at radius 1 is 1.40 bits per heavy atom. The van der Waals surface area contributed by atoms with E-state index in [0.29, 0.717) is 23.5 Å². The van der Waals surface area contributed by atoms with Gasteiger partial charge in [0.2, 0.25) is 5.91 Å². The summed E-state index contributed by atoms with van der Waals surface area (Å²) in [6, 6.07) is 0.0954. The van der Waals surface area contributed by atoms with Crippen molar-refractivity contribution in [1.82, 2.24) is 20.4 Å². The molecule has 0 aromatic carbocycles. The Morgan fingerprint density at radius 2 is 2.05 bits per heavy atom. The fraction of sp³-hybridized carbons (Fsp3) is 0.615. The number of hydrogen-bond acceptors (Lipinski definition) is 4. The lowest BCUT2D eigenvalue weighted by molar-refractivity contribution is -0.121. The van der Waals surface area contributed by atoms with Gasteiger partial charge < -0.3 is 16.4 Å². The molecule has 1 aromatic heterocycles. The maximum Gasteiger partial charge on any atom is 0.271 e. The molecule has 2 amide bonds. The number of nitrogen functional groups attached to an aromatic ring is 1. The lowest BCUT2D eigenvalue weighted by Gasteiger charge is -2.09.